The zero-order valence-electron chi connectivity index (χ0n) is 15.3. The molecule has 0 bridgehead atoms. The van der Waals surface area contributed by atoms with Gasteiger partial charge in [-0.2, -0.15) is 0 Å². The topological polar surface area (TPSA) is 105 Å². The van der Waals surface area contributed by atoms with Crippen molar-refractivity contribution in [2.24, 2.45) is 7.05 Å². The minimum absolute atomic E-state index is 0.160. The van der Waals surface area contributed by atoms with E-state index in [-0.39, 0.29) is 5.56 Å². The first kappa shape index (κ1) is 19.6. The molecule has 0 fully saturated rings. The minimum Gasteiger partial charge on any atom is -0.384 e. The smallest absolute Gasteiger partial charge is 0.273 e. The quantitative estimate of drug-likeness (QED) is 0.545. The molecule has 0 aliphatic carbocycles. The molecule has 2 heterocycles. The highest BCUT2D eigenvalue weighted by Crippen LogP contribution is 2.34. The molecule has 0 unspecified atom stereocenters. The summed E-state index contributed by atoms with van der Waals surface area (Å²) in [5.41, 5.74) is 4.55. The fourth-order valence-electron chi connectivity index (χ4n) is 2.61. The number of pyridine rings is 1. The van der Waals surface area contributed by atoms with Gasteiger partial charge in [-0.3, -0.25) is 14.5 Å². The summed E-state index contributed by atoms with van der Waals surface area (Å²) in [7, 11) is -0.312. The van der Waals surface area contributed by atoms with Gasteiger partial charge >= 0.3 is 0 Å². The molecule has 8 nitrogen and oxygen atoms in total. The number of aryl methyl sites for hydroxylation is 1. The van der Waals surface area contributed by atoms with E-state index < -0.39 is 10.0 Å². The molecule has 3 aromatic rings. The molecule has 28 heavy (non-hydrogen) atoms. The van der Waals surface area contributed by atoms with Crippen LogP contribution in [-0.4, -0.2) is 25.0 Å². The molecule has 3 N–H and O–H groups in total. The number of nitrogens with one attached hydrogen (secondary N) is 3. The first-order valence-electron chi connectivity index (χ1n) is 8.16. The molecule has 0 radical (unpaired) electrons. The minimum atomic E-state index is -3.64. The molecule has 3 rings (SSSR count). The van der Waals surface area contributed by atoms with Gasteiger partial charge in [0.1, 0.15) is 10.7 Å². The van der Waals surface area contributed by atoms with E-state index in [4.69, 9.17) is 0 Å². The molecular weight excluding hydrogens is 398 g/mol. The molecule has 0 aliphatic heterocycles. The number of nitrogens with zero attached hydrogens (tertiary/aromatic N) is 2. The van der Waals surface area contributed by atoms with E-state index in [1.807, 2.05) is 0 Å². The number of anilines is 4. The standard InChI is InChI=1S/C18H19N5O3S2/c1-4-28(25,26)22-13-5-6-15(21-17-9-20-11-27-17)14(8-13)12-7-16(19-2)18(24)23(3)10-12/h4-11,19,21-22H,1H2,2-3H3. The molecule has 10 heteroatoms. The summed E-state index contributed by atoms with van der Waals surface area (Å²) >= 11 is 1.44. The van der Waals surface area contributed by atoms with E-state index in [0.29, 0.717) is 16.9 Å². The first-order chi connectivity index (χ1) is 13.3. The van der Waals surface area contributed by atoms with Gasteiger partial charge in [-0.05, 0) is 24.3 Å². The van der Waals surface area contributed by atoms with Crippen molar-refractivity contribution < 1.29 is 8.42 Å². The van der Waals surface area contributed by atoms with Crippen LogP contribution in [0.5, 0.6) is 0 Å². The predicted octanol–water partition coefficient (Wildman–Crippen LogP) is 3.18. The molecule has 1 aromatic carbocycles. The van der Waals surface area contributed by atoms with Crippen LogP contribution in [0.4, 0.5) is 22.1 Å². The van der Waals surface area contributed by atoms with Crippen molar-refractivity contribution in [3.63, 3.8) is 0 Å². The first-order valence-corrected chi connectivity index (χ1v) is 10.6. The van der Waals surface area contributed by atoms with Crippen molar-refractivity contribution in [2.45, 2.75) is 0 Å². The average molecular weight is 418 g/mol. The summed E-state index contributed by atoms with van der Waals surface area (Å²) in [5.74, 6) is 0. The van der Waals surface area contributed by atoms with Crippen molar-refractivity contribution in [3.05, 3.63) is 64.5 Å². The van der Waals surface area contributed by atoms with Crippen molar-refractivity contribution >= 4 is 43.4 Å². The molecule has 0 saturated heterocycles. The van der Waals surface area contributed by atoms with Crippen LogP contribution in [0, 0.1) is 0 Å². The Morgan fingerprint density at radius 1 is 1.25 bits per heavy atom. The lowest BCUT2D eigenvalue weighted by atomic mass is 10.0. The number of benzene rings is 1. The van der Waals surface area contributed by atoms with Gasteiger partial charge in [0.05, 0.1) is 11.7 Å². The SMILES string of the molecule is C=CS(=O)(=O)Nc1ccc(Nc2cncs2)c(-c2cc(NC)c(=O)n(C)c2)c1. The van der Waals surface area contributed by atoms with E-state index in [2.05, 4.69) is 26.9 Å². The van der Waals surface area contributed by atoms with Gasteiger partial charge in [-0.1, -0.05) is 6.58 Å². The van der Waals surface area contributed by atoms with E-state index in [0.717, 1.165) is 21.7 Å². The van der Waals surface area contributed by atoms with Gasteiger partial charge in [0, 0.05) is 48.2 Å². The predicted molar refractivity (Wildman–Crippen MR) is 115 cm³/mol. The largest absolute Gasteiger partial charge is 0.384 e. The van der Waals surface area contributed by atoms with Crippen LogP contribution in [0.25, 0.3) is 11.1 Å². The molecular formula is C18H19N5O3S2. The van der Waals surface area contributed by atoms with Crippen LogP contribution >= 0.6 is 11.3 Å². The molecule has 0 aliphatic rings. The third-order valence-corrected chi connectivity index (χ3v) is 5.60. The maximum absolute atomic E-state index is 12.2. The summed E-state index contributed by atoms with van der Waals surface area (Å²) in [5, 5.41) is 7.85. The van der Waals surface area contributed by atoms with E-state index in [9.17, 15) is 13.2 Å². The molecule has 2 aromatic heterocycles. The van der Waals surface area contributed by atoms with Gasteiger partial charge in [-0.15, -0.1) is 11.3 Å². The third kappa shape index (κ3) is 4.24. The highest BCUT2D eigenvalue weighted by Gasteiger charge is 2.13. The number of rotatable bonds is 7. The van der Waals surface area contributed by atoms with Gasteiger partial charge in [0.2, 0.25) is 0 Å². The lowest BCUT2D eigenvalue weighted by Crippen LogP contribution is -2.19. The van der Waals surface area contributed by atoms with Crippen LogP contribution in [0.15, 0.2) is 59.0 Å². The Bertz CT molecular complexity index is 1170. The molecule has 146 valence electrons. The fourth-order valence-corrected chi connectivity index (χ4v) is 3.67. The van der Waals surface area contributed by atoms with Gasteiger partial charge in [0.25, 0.3) is 15.6 Å². The van der Waals surface area contributed by atoms with E-state index in [1.165, 1.54) is 15.9 Å². The van der Waals surface area contributed by atoms with Crippen molar-refractivity contribution in [3.8, 4) is 11.1 Å². The van der Waals surface area contributed by atoms with Crippen LogP contribution < -0.4 is 20.9 Å². The second kappa shape index (κ2) is 7.87. The Kier molecular flexibility index (Phi) is 5.52. The van der Waals surface area contributed by atoms with Crippen molar-refractivity contribution in [1.82, 2.24) is 9.55 Å². The van der Waals surface area contributed by atoms with Gasteiger partial charge < -0.3 is 15.2 Å². The zero-order chi connectivity index (χ0) is 20.3. The Hall–Kier alpha value is -3.11. The Morgan fingerprint density at radius 3 is 2.68 bits per heavy atom. The van der Waals surface area contributed by atoms with Crippen LogP contribution in [0.1, 0.15) is 0 Å². The second-order valence-electron chi connectivity index (χ2n) is 5.87. The third-order valence-electron chi connectivity index (χ3n) is 3.95. The molecule has 0 amide bonds. The Balaban J connectivity index is 2.15. The number of aromatic nitrogens is 2. The molecule has 0 atom stereocenters. The molecule has 0 spiro atoms. The van der Waals surface area contributed by atoms with E-state index in [1.54, 1.807) is 56.3 Å². The number of hydrogen-bond donors (Lipinski definition) is 3. The normalized spacial score (nSPS) is 11.1. The average Bonchev–Trinajstić information content (AvgIpc) is 3.18. The van der Waals surface area contributed by atoms with Crippen LogP contribution in [0.3, 0.4) is 0 Å². The van der Waals surface area contributed by atoms with Gasteiger partial charge in [-0.25, -0.2) is 8.42 Å². The zero-order valence-corrected chi connectivity index (χ0v) is 16.9. The molecule has 0 saturated carbocycles. The van der Waals surface area contributed by atoms with E-state index >= 15 is 0 Å². The maximum Gasteiger partial charge on any atom is 0.273 e. The lowest BCUT2D eigenvalue weighted by Gasteiger charge is -2.15. The van der Waals surface area contributed by atoms with Gasteiger partial charge in [0.15, 0.2) is 0 Å². The summed E-state index contributed by atoms with van der Waals surface area (Å²) in [6.07, 6.45) is 3.39. The Labute approximate surface area is 166 Å². The van der Waals surface area contributed by atoms with Crippen LogP contribution in [-0.2, 0) is 17.1 Å². The Morgan fingerprint density at radius 2 is 2.04 bits per heavy atom. The maximum atomic E-state index is 12.2. The number of thiazole rings is 1. The van der Waals surface area contributed by atoms with Crippen molar-refractivity contribution in [2.75, 3.05) is 22.4 Å². The summed E-state index contributed by atoms with van der Waals surface area (Å²) in [6, 6.07) is 6.83. The lowest BCUT2D eigenvalue weighted by molar-refractivity contribution is 0.609. The fraction of sp³-hybridized carbons (Fsp3) is 0.111. The monoisotopic (exact) mass is 417 g/mol. The van der Waals surface area contributed by atoms with Crippen molar-refractivity contribution in [1.29, 1.82) is 0 Å². The second-order valence-corrected chi connectivity index (χ2v) is 8.39. The summed E-state index contributed by atoms with van der Waals surface area (Å²) in [6.45, 7) is 3.31. The highest BCUT2D eigenvalue weighted by atomic mass is 32.2. The summed E-state index contributed by atoms with van der Waals surface area (Å²) in [4.78, 5) is 16.2. The number of hydrogen-bond acceptors (Lipinski definition) is 7. The number of sulfonamides is 1. The van der Waals surface area contributed by atoms with Crippen LogP contribution in [0.2, 0.25) is 0 Å². The highest BCUT2D eigenvalue weighted by molar-refractivity contribution is 7.95. The summed E-state index contributed by atoms with van der Waals surface area (Å²) < 4.78 is 27.6.